The largest absolute Gasteiger partial charge is 0.480 e. The quantitative estimate of drug-likeness (QED) is 0.454. The van der Waals surface area contributed by atoms with Crippen molar-refractivity contribution in [2.24, 2.45) is 23.2 Å². The Labute approximate surface area is 264 Å². The number of hydrogen-bond donors (Lipinski definition) is 2. The molecule has 2 aromatic rings. The lowest BCUT2D eigenvalue weighted by atomic mass is 9.48. The lowest BCUT2D eigenvalue weighted by Crippen LogP contribution is -2.62. The molecule has 4 aliphatic carbocycles. The zero-order chi connectivity index (χ0) is 32.1. The van der Waals surface area contributed by atoms with E-state index in [1.807, 2.05) is 30.3 Å². The summed E-state index contributed by atoms with van der Waals surface area (Å²) in [5.41, 5.74) is -0.191. The number of ketones is 1. The Morgan fingerprint density at radius 3 is 2.07 bits per heavy atom. The van der Waals surface area contributed by atoms with Gasteiger partial charge in [0.2, 0.25) is 17.7 Å². The summed E-state index contributed by atoms with van der Waals surface area (Å²) in [5.74, 6) is -1.42. The second-order valence-electron chi connectivity index (χ2n) is 14.6. The number of hydrogen-bond acceptors (Lipinski definition) is 5. The van der Waals surface area contributed by atoms with E-state index >= 15 is 4.79 Å². The second kappa shape index (κ2) is 11.7. The van der Waals surface area contributed by atoms with Crippen LogP contribution in [-0.4, -0.2) is 57.1 Å². The summed E-state index contributed by atoms with van der Waals surface area (Å²) in [4.78, 5) is 71.8. The molecule has 0 unspecified atom stereocenters. The molecule has 2 N–H and O–H groups in total. The first-order valence-electron chi connectivity index (χ1n) is 16.2. The van der Waals surface area contributed by atoms with Crippen LogP contribution < -0.4 is 10.2 Å². The minimum atomic E-state index is -1.66. The normalized spacial score (nSPS) is 29.4. The lowest BCUT2D eigenvalue weighted by Gasteiger charge is -2.58. The second-order valence-corrected chi connectivity index (χ2v) is 14.6. The molecule has 9 nitrogen and oxygen atoms in total. The van der Waals surface area contributed by atoms with Crippen molar-refractivity contribution in [2.45, 2.75) is 96.3 Å². The van der Waals surface area contributed by atoms with E-state index in [1.165, 1.54) is 44.9 Å². The van der Waals surface area contributed by atoms with Gasteiger partial charge in [-0.1, -0.05) is 42.5 Å². The summed E-state index contributed by atoms with van der Waals surface area (Å²) < 4.78 is 0. The summed E-state index contributed by atoms with van der Waals surface area (Å²) in [5, 5.41) is 12.3. The topological polar surface area (TPSA) is 124 Å². The Hall–Kier alpha value is -4.01. The Kier molecular flexibility index (Phi) is 8.08. The van der Waals surface area contributed by atoms with Crippen molar-refractivity contribution >= 4 is 35.2 Å². The summed E-state index contributed by atoms with van der Waals surface area (Å²) in [7, 11) is 0. The molecule has 0 radical (unpaired) electrons. The Balaban J connectivity index is 1.49. The highest BCUT2D eigenvalue weighted by Crippen LogP contribution is 2.62. The van der Waals surface area contributed by atoms with Gasteiger partial charge in [-0.15, -0.1) is 0 Å². The molecule has 4 bridgehead atoms. The Morgan fingerprint density at radius 2 is 1.49 bits per heavy atom. The van der Waals surface area contributed by atoms with E-state index in [-0.39, 0.29) is 29.9 Å². The molecule has 238 valence electrons. The number of rotatable bonds is 7. The van der Waals surface area contributed by atoms with E-state index < -0.39 is 41.2 Å². The fourth-order valence-electron chi connectivity index (χ4n) is 9.13. The maximum Gasteiger partial charge on any atom is 0.328 e. The van der Waals surface area contributed by atoms with Gasteiger partial charge >= 0.3 is 5.97 Å². The van der Waals surface area contributed by atoms with Crippen LogP contribution in [0.3, 0.4) is 0 Å². The molecule has 45 heavy (non-hydrogen) atoms. The minimum Gasteiger partial charge on any atom is -0.480 e. The fraction of sp³-hybridized carbons (Fsp3) is 0.528. The smallest absolute Gasteiger partial charge is 0.328 e. The number of aliphatic carboxylic acids is 1. The van der Waals surface area contributed by atoms with E-state index in [4.69, 9.17) is 0 Å². The number of carbonyl (C=O) groups excluding carboxylic acids is 4. The number of nitrogens with one attached hydrogen (secondary N) is 1. The molecule has 1 aliphatic heterocycles. The number of amides is 3. The molecule has 9 heteroatoms. The minimum absolute atomic E-state index is 0.139. The number of carboxylic acid groups (broad SMARTS) is 1. The zero-order valence-corrected chi connectivity index (χ0v) is 26.3. The van der Waals surface area contributed by atoms with E-state index in [1.54, 1.807) is 29.2 Å². The van der Waals surface area contributed by atoms with E-state index in [9.17, 15) is 24.3 Å². The van der Waals surface area contributed by atoms with Gasteiger partial charge in [0.1, 0.15) is 17.6 Å². The Bertz CT molecular complexity index is 1480. The van der Waals surface area contributed by atoms with E-state index in [2.05, 4.69) is 5.32 Å². The maximum absolute atomic E-state index is 15.1. The van der Waals surface area contributed by atoms with Crippen LogP contribution in [0.15, 0.2) is 54.6 Å². The van der Waals surface area contributed by atoms with Gasteiger partial charge < -0.3 is 20.2 Å². The standard InChI is InChI=1S/C36H43N3O6/c1-22(40)39-29(32(42)37-35(2,3)34(44)45)16-31(41)27-11-7-8-12-28(27)38(21-23-9-5-4-6-10-23)33(43)30(39)20-36-17-24-13-25(18-36)15-26(14-24)19-36/h4-12,24-26,29-30H,13-21H2,1-3H3,(H,37,42)(H,44,45)/t24?,25?,26?,29-,30+,36?/m0/s1. The average Bonchev–Trinajstić information content (AvgIpc) is 3.00. The first-order valence-corrected chi connectivity index (χ1v) is 16.2. The van der Waals surface area contributed by atoms with Crippen molar-refractivity contribution in [2.75, 3.05) is 4.90 Å². The number of para-hydroxylation sites is 1. The van der Waals surface area contributed by atoms with Gasteiger partial charge in [-0.2, -0.15) is 0 Å². The molecular formula is C36H43N3O6. The molecule has 0 saturated heterocycles. The molecule has 3 amide bonds. The first-order chi connectivity index (χ1) is 21.4. The van der Waals surface area contributed by atoms with E-state index in [0.29, 0.717) is 29.9 Å². The number of carbonyl (C=O) groups is 5. The lowest BCUT2D eigenvalue weighted by molar-refractivity contribution is -0.152. The third-order valence-electron chi connectivity index (χ3n) is 10.7. The summed E-state index contributed by atoms with van der Waals surface area (Å²) in [6.45, 7) is 4.24. The predicted molar refractivity (Wildman–Crippen MR) is 168 cm³/mol. The number of nitrogens with zero attached hydrogens (tertiary/aromatic N) is 2. The molecule has 1 heterocycles. The summed E-state index contributed by atoms with van der Waals surface area (Å²) >= 11 is 0. The van der Waals surface area contributed by atoms with Crippen LogP contribution in [0.1, 0.15) is 88.1 Å². The van der Waals surface area contributed by atoms with Crippen LogP contribution in [0.5, 0.6) is 0 Å². The highest BCUT2D eigenvalue weighted by atomic mass is 16.4. The van der Waals surface area contributed by atoms with Crippen LogP contribution >= 0.6 is 0 Å². The fourth-order valence-corrected chi connectivity index (χ4v) is 9.13. The average molecular weight is 614 g/mol. The van der Waals surface area contributed by atoms with Gasteiger partial charge in [0.15, 0.2) is 5.78 Å². The van der Waals surface area contributed by atoms with Crippen LogP contribution in [0, 0.1) is 23.2 Å². The van der Waals surface area contributed by atoms with Crippen LogP contribution in [0.25, 0.3) is 0 Å². The number of benzene rings is 2. The molecule has 7 rings (SSSR count). The zero-order valence-electron chi connectivity index (χ0n) is 26.3. The molecule has 5 aliphatic rings. The van der Waals surface area contributed by atoms with E-state index in [0.717, 1.165) is 24.8 Å². The summed E-state index contributed by atoms with van der Waals surface area (Å²) in [6.07, 6.45) is 6.65. The maximum atomic E-state index is 15.1. The highest BCUT2D eigenvalue weighted by Gasteiger charge is 2.54. The first kappa shape index (κ1) is 31.0. The molecule has 0 spiro atoms. The van der Waals surface area contributed by atoms with Crippen LogP contribution in [0.2, 0.25) is 0 Å². The van der Waals surface area contributed by atoms with Gasteiger partial charge in [0, 0.05) is 18.9 Å². The monoisotopic (exact) mass is 613 g/mol. The van der Waals surface area contributed by atoms with Crippen molar-refractivity contribution in [3.63, 3.8) is 0 Å². The van der Waals surface area contributed by atoms with Crippen molar-refractivity contribution in [1.29, 1.82) is 0 Å². The van der Waals surface area contributed by atoms with Gasteiger partial charge in [0.25, 0.3) is 0 Å². The summed E-state index contributed by atoms with van der Waals surface area (Å²) in [6, 6.07) is 14.1. The predicted octanol–water partition coefficient (Wildman–Crippen LogP) is 4.98. The molecule has 0 aromatic heterocycles. The van der Waals surface area contributed by atoms with Crippen molar-refractivity contribution < 1.29 is 29.1 Å². The SMILES string of the molecule is CC(=O)N1[C@H](CC23CC4CC(CC(C4)C2)C3)C(=O)N(Cc2ccccc2)c2ccccc2C(=O)C[C@H]1C(=O)NC(C)(C)C(=O)O. The van der Waals surface area contributed by atoms with Crippen LogP contribution in [0.4, 0.5) is 5.69 Å². The molecule has 2 atom stereocenters. The van der Waals surface area contributed by atoms with Gasteiger partial charge in [-0.25, -0.2) is 4.79 Å². The molecule has 2 aromatic carbocycles. The number of carboxylic acids is 1. The molecular weight excluding hydrogens is 570 g/mol. The van der Waals surface area contributed by atoms with Gasteiger partial charge in [-0.3, -0.25) is 19.2 Å². The van der Waals surface area contributed by atoms with Crippen molar-refractivity contribution in [3.8, 4) is 0 Å². The number of Topliss-reactive ketones (excluding diaryl/α,β-unsaturated/α-hetero) is 1. The highest BCUT2D eigenvalue weighted by molar-refractivity contribution is 6.10. The van der Waals surface area contributed by atoms with Crippen LogP contribution in [-0.2, 0) is 25.7 Å². The number of fused-ring (bicyclic) bond motifs is 1. The van der Waals surface area contributed by atoms with Gasteiger partial charge in [0.05, 0.1) is 12.2 Å². The third kappa shape index (κ3) is 6.01. The van der Waals surface area contributed by atoms with Crippen molar-refractivity contribution in [1.82, 2.24) is 10.2 Å². The molecule has 4 saturated carbocycles. The number of anilines is 1. The Morgan fingerprint density at radius 1 is 0.911 bits per heavy atom. The van der Waals surface area contributed by atoms with Gasteiger partial charge in [-0.05, 0) is 99.7 Å². The molecule has 4 fully saturated rings. The van der Waals surface area contributed by atoms with Crippen molar-refractivity contribution in [3.05, 3.63) is 65.7 Å². The third-order valence-corrected chi connectivity index (χ3v) is 10.7.